The summed E-state index contributed by atoms with van der Waals surface area (Å²) in [6, 6.07) is 8.10. The van der Waals surface area contributed by atoms with E-state index in [1.807, 2.05) is 18.2 Å². The van der Waals surface area contributed by atoms with Crippen molar-refractivity contribution in [3.63, 3.8) is 0 Å². The minimum absolute atomic E-state index is 0.0844. The Hall–Kier alpha value is -3.57. The van der Waals surface area contributed by atoms with E-state index in [-0.39, 0.29) is 18.0 Å². The van der Waals surface area contributed by atoms with Crippen molar-refractivity contribution in [2.24, 2.45) is 16.1 Å². The number of anilines is 1. The molecule has 2 aromatic rings. The molecule has 36 heavy (non-hydrogen) atoms. The van der Waals surface area contributed by atoms with Crippen LogP contribution in [0.5, 0.6) is 11.5 Å². The van der Waals surface area contributed by atoms with Crippen molar-refractivity contribution in [1.82, 2.24) is 0 Å². The predicted molar refractivity (Wildman–Crippen MR) is 137 cm³/mol. The molecule has 8 heteroatoms. The van der Waals surface area contributed by atoms with E-state index in [0.717, 1.165) is 47.5 Å². The summed E-state index contributed by atoms with van der Waals surface area (Å²) in [5, 5.41) is 11.5. The number of rotatable bonds is 1. The number of nitriles is 1. The lowest BCUT2D eigenvalue weighted by Gasteiger charge is -2.44. The van der Waals surface area contributed by atoms with E-state index in [0.29, 0.717) is 40.7 Å². The number of aryl methyl sites for hydroxylation is 1. The summed E-state index contributed by atoms with van der Waals surface area (Å²) in [7, 11) is 0. The molecule has 0 fully saturated rings. The van der Waals surface area contributed by atoms with Crippen molar-refractivity contribution in [3.05, 3.63) is 62.4 Å². The molecule has 0 saturated carbocycles. The maximum absolute atomic E-state index is 13.8. The van der Waals surface area contributed by atoms with Gasteiger partial charge in [-0.2, -0.15) is 5.26 Å². The number of carbonyl (C=O) groups is 1. The number of ketones is 1. The van der Waals surface area contributed by atoms with Gasteiger partial charge in [0.1, 0.15) is 10.8 Å². The van der Waals surface area contributed by atoms with Gasteiger partial charge in [0, 0.05) is 22.6 Å². The molecule has 0 spiro atoms. The van der Waals surface area contributed by atoms with Crippen molar-refractivity contribution in [2.75, 3.05) is 11.7 Å². The fraction of sp³-hybridized carbons (Fsp3) is 0.393. The molecule has 182 valence electrons. The molecule has 1 aromatic carbocycles. The standard InChI is InChI=1S/C28H26N4O3S/c1-28(2)10-17-24(18(33)11-28)22(14-7-8-19-20(9-14)35-13-34-19)16(12-29)26-31-25(30)23-15-5-3-4-6-21(15)36-27(23)32(17)26/h7-9,22H,3-6,10-11,13H2,1-2H3,(H2,30,31). The number of ether oxygens (including phenoxy) is 2. The van der Waals surface area contributed by atoms with Crippen LogP contribution in [0.25, 0.3) is 0 Å². The molecule has 0 radical (unpaired) electrons. The molecule has 2 aliphatic carbocycles. The largest absolute Gasteiger partial charge is 0.454 e. The van der Waals surface area contributed by atoms with Gasteiger partial charge < -0.3 is 15.2 Å². The summed E-state index contributed by atoms with van der Waals surface area (Å²) in [4.78, 5) is 22.2. The SMILES string of the molecule is CC1(C)CC(=O)C2=C(C1)N1C(=C(C#N)C2c2ccc3c(c2)OCO3)N=C(N)c2c1sc1c2CCCC1. The Morgan fingerprint density at radius 1 is 1.19 bits per heavy atom. The number of nitrogens with zero attached hydrogens (tertiary/aromatic N) is 3. The smallest absolute Gasteiger partial charge is 0.231 e. The molecule has 0 amide bonds. The minimum Gasteiger partial charge on any atom is -0.454 e. The molecule has 0 bridgehead atoms. The summed E-state index contributed by atoms with van der Waals surface area (Å²) < 4.78 is 11.1. The van der Waals surface area contributed by atoms with Gasteiger partial charge >= 0.3 is 0 Å². The van der Waals surface area contributed by atoms with Crippen molar-refractivity contribution in [2.45, 2.75) is 58.3 Å². The lowest BCUT2D eigenvalue weighted by Crippen LogP contribution is -2.41. The van der Waals surface area contributed by atoms with Crippen LogP contribution in [0, 0.1) is 16.7 Å². The van der Waals surface area contributed by atoms with E-state index in [1.165, 1.54) is 16.9 Å². The number of hydrogen-bond donors (Lipinski definition) is 1. The van der Waals surface area contributed by atoms with Gasteiger partial charge in [-0.1, -0.05) is 19.9 Å². The monoisotopic (exact) mass is 498 g/mol. The molecule has 7 rings (SSSR count). The van der Waals surface area contributed by atoms with E-state index in [1.54, 1.807) is 11.3 Å². The minimum atomic E-state index is -0.526. The number of allylic oxidation sites excluding steroid dienone is 3. The van der Waals surface area contributed by atoms with Crippen LogP contribution < -0.4 is 20.1 Å². The third-order valence-corrected chi connectivity index (χ3v) is 9.16. The van der Waals surface area contributed by atoms with Gasteiger partial charge in [-0.3, -0.25) is 9.69 Å². The zero-order valence-electron chi connectivity index (χ0n) is 20.3. The lowest BCUT2D eigenvalue weighted by molar-refractivity contribution is -0.118. The van der Waals surface area contributed by atoms with Gasteiger partial charge in [0.05, 0.1) is 23.1 Å². The first kappa shape index (κ1) is 21.7. The zero-order valence-corrected chi connectivity index (χ0v) is 21.1. The van der Waals surface area contributed by atoms with Crippen LogP contribution in [0.2, 0.25) is 0 Å². The Kier molecular flexibility index (Phi) is 4.50. The Morgan fingerprint density at radius 2 is 2.00 bits per heavy atom. The van der Waals surface area contributed by atoms with Crippen LogP contribution in [-0.4, -0.2) is 18.4 Å². The molecule has 1 unspecified atom stereocenters. The number of hydrogen-bond acceptors (Lipinski definition) is 8. The van der Waals surface area contributed by atoms with Gasteiger partial charge in [0.2, 0.25) is 6.79 Å². The fourth-order valence-corrected chi connectivity index (χ4v) is 7.79. The molecule has 4 heterocycles. The number of nitrogens with two attached hydrogens (primary N) is 1. The molecule has 3 aliphatic heterocycles. The number of thiophene rings is 1. The van der Waals surface area contributed by atoms with Crippen molar-refractivity contribution in [3.8, 4) is 17.6 Å². The number of aliphatic imine (C=N–C) groups is 1. The number of Topliss-reactive ketones (excluding diaryl/α,β-unsaturated/α-hetero) is 1. The van der Waals surface area contributed by atoms with Crippen LogP contribution in [0.3, 0.4) is 0 Å². The average Bonchev–Trinajstić information content (AvgIpc) is 3.46. The maximum atomic E-state index is 13.8. The molecule has 5 aliphatic rings. The Labute approximate surface area is 213 Å². The average molecular weight is 499 g/mol. The van der Waals surface area contributed by atoms with Gasteiger partial charge in [0.25, 0.3) is 0 Å². The second-order valence-corrected chi connectivity index (χ2v) is 12.0. The third kappa shape index (κ3) is 2.96. The number of fused-ring (bicyclic) bond motifs is 7. The summed E-state index contributed by atoms with van der Waals surface area (Å²) in [6.07, 6.45) is 5.49. The van der Waals surface area contributed by atoms with Gasteiger partial charge in [0.15, 0.2) is 23.1 Å². The molecule has 1 aromatic heterocycles. The molecule has 2 N–H and O–H groups in total. The van der Waals surface area contributed by atoms with Crippen molar-refractivity contribution >= 4 is 28.0 Å². The molecular weight excluding hydrogens is 472 g/mol. The second-order valence-electron chi connectivity index (χ2n) is 10.9. The highest BCUT2D eigenvalue weighted by molar-refractivity contribution is 7.17. The molecule has 0 saturated heterocycles. The number of benzene rings is 1. The summed E-state index contributed by atoms with van der Waals surface area (Å²) in [6.45, 7) is 4.43. The van der Waals surface area contributed by atoms with E-state index < -0.39 is 5.92 Å². The summed E-state index contributed by atoms with van der Waals surface area (Å²) in [5.74, 6) is 1.87. The van der Waals surface area contributed by atoms with Crippen LogP contribution in [0.1, 0.15) is 67.0 Å². The number of amidine groups is 1. The van der Waals surface area contributed by atoms with Crippen molar-refractivity contribution in [1.29, 1.82) is 5.26 Å². The predicted octanol–water partition coefficient (Wildman–Crippen LogP) is 5.06. The third-order valence-electron chi connectivity index (χ3n) is 7.89. The maximum Gasteiger partial charge on any atom is 0.231 e. The first-order valence-electron chi connectivity index (χ1n) is 12.5. The highest BCUT2D eigenvalue weighted by Crippen LogP contribution is 2.55. The Balaban J connectivity index is 1.51. The normalized spacial score (nSPS) is 23.5. The topological polar surface area (TPSA) is 101 Å². The highest BCUT2D eigenvalue weighted by Gasteiger charge is 2.48. The van der Waals surface area contributed by atoms with E-state index in [4.69, 9.17) is 20.2 Å². The molecule has 7 nitrogen and oxygen atoms in total. The van der Waals surface area contributed by atoms with Gasteiger partial charge in [-0.05, 0) is 60.8 Å². The first-order valence-corrected chi connectivity index (χ1v) is 13.3. The molecule has 1 atom stereocenters. The quantitative estimate of drug-likeness (QED) is 0.590. The lowest BCUT2D eigenvalue weighted by atomic mass is 9.68. The first-order chi connectivity index (χ1) is 17.4. The van der Waals surface area contributed by atoms with Crippen LogP contribution in [0.15, 0.2) is 45.9 Å². The van der Waals surface area contributed by atoms with E-state index in [9.17, 15) is 10.1 Å². The van der Waals surface area contributed by atoms with Crippen LogP contribution in [-0.2, 0) is 17.6 Å². The van der Waals surface area contributed by atoms with Gasteiger partial charge in [-0.25, -0.2) is 4.99 Å². The number of carbonyl (C=O) groups excluding carboxylic acids is 1. The van der Waals surface area contributed by atoms with Crippen LogP contribution >= 0.6 is 11.3 Å². The van der Waals surface area contributed by atoms with Crippen molar-refractivity contribution < 1.29 is 14.3 Å². The fourth-order valence-electron chi connectivity index (χ4n) is 6.36. The summed E-state index contributed by atoms with van der Waals surface area (Å²) >= 11 is 1.75. The molecular formula is C28H26N4O3S. The van der Waals surface area contributed by atoms with Gasteiger partial charge in [-0.15, -0.1) is 11.3 Å². The van der Waals surface area contributed by atoms with E-state index in [2.05, 4.69) is 24.8 Å². The van der Waals surface area contributed by atoms with Crippen LogP contribution in [0.4, 0.5) is 5.00 Å². The highest BCUT2D eigenvalue weighted by atomic mass is 32.1. The second kappa shape index (κ2) is 7.47. The Morgan fingerprint density at radius 3 is 2.83 bits per heavy atom. The zero-order chi connectivity index (χ0) is 24.8. The van der Waals surface area contributed by atoms with E-state index >= 15 is 0 Å². The Bertz CT molecular complexity index is 1500. The summed E-state index contributed by atoms with van der Waals surface area (Å²) in [5.41, 5.74) is 11.6.